The molecule has 110 valence electrons. The molecule has 0 aliphatic rings. The van der Waals surface area contributed by atoms with Crippen LogP contribution < -0.4 is 11.1 Å². The second-order valence-corrected chi connectivity index (χ2v) is 4.41. The molecule has 0 spiro atoms. The maximum Gasteiger partial charge on any atom is 0.224 e. The molecule has 0 aliphatic heterocycles. The Morgan fingerprint density at radius 3 is 2.57 bits per heavy atom. The molecule has 0 unspecified atom stereocenters. The topological polar surface area (TPSA) is 106 Å². The number of carbonyl (C=O) groups is 1. The van der Waals surface area contributed by atoms with E-state index in [9.17, 15) is 9.18 Å². The minimum absolute atomic E-state index is 0.153. The van der Waals surface area contributed by atoms with E-state index in [2.05, 4.69) is 5.32 Å². The molecule has 0 atom stereocenters. The standard InChI is InChI=1S/C14H16FN5O/c15-11-3-4-13(12(18)10-11)19-14(21)2-1-7-20(8-5-16)9-6-17/h3-4,10H,1-2,7-9,18H2,(H,19,21). The Balaban J connectivity index is 2.40. The smallest absolute Gasteiger partial charge is 0.224 e. The minimum Gasteiger partial charge on any atom is -0.397 e. The molecule has 0 saturated carbocycles. The number of benzene rings is 1. The molecule has 21 heavy (non-hydrogen) atoms. The summed E-state index contributed by atoms with van der Waals surface area (Å²) in [4.78, 5) is 13.4. The molecule has 0 radical (unpaired) electrons. The number of nitrogen functional groups attached to an aromatic ring is 1. The Bertz CT molecular complexity index is 560. The van der Waals surface area contributed by atoms with E-state index in [1.54, 1.807) is 4.90 Å². The zero-order valence-corrected chi connectivity index (χ0v) is 11.5. The summed E-state index contributed by atoms with van der Waals surface area (Å²) in [6, 6.07) is 7.69. The number of hydrogen-bond acceptors (Lipinski definition) is 5. The Morgan fingerprint density at radius 1 is 1.33 bits per heavy atom. The first kappa shape index (κ1) is 16.4. The fourth-order valence-corrected chi connectivity index (χ4v) is 1.74. The third-order valence-electron chi connectivity index (χ3n) is 2.75. The third-order valence-corrected chi connectivity index (χ3v) is 2.75. The zero-order chi connectivity index (χ0) is 15.7. The van der Waals surface area contributed by atoms with Crippen LogP contribution in [-0.2, 0) is 4.79 Å². The number of nitrogens with zero attached hydrogens (tertiary/aromatic N) is 3. The maximum absolute atomic E-state index is 12.9. The van der Waals surface area contributed by atoms with E-state index in [0.717, 1.165) is 6.07 Å². The highest BCUT2D eigenvalue weighted by atomic mass is 19.1. The Labute approximate surface area is 122 Å². The van der Waals surface area contributed by atoms with Crippen LogP contribution in [0.15, 0.2) is 18.2 Å². The first-order valence-electron chi connectivity index (χ1n) is 6.38. The van der Waals surface area contributed by atoms with Gasteiger partial charge in [0.1, 0.15) is 5.82 Å². The van der Waals surface area contributed by atoms with E-state index in [0.29, 0.717) is 18.7 Å². The number of hydrogen-bond donors (Lipinski definition) is 2. The number of nitrogens with two attached hydrogens (primary N) is 1. The summed E-state index contributed by atoms with van der Waals surface area (Å²) in [7, 11) is 0. The molecule has 0 aromatic heterocycles. The summed E-state index contributed by atoms with van der Waals surface area (Å²) in [6.07, 6.45) is 0.737. The molecule has 7 heteroatoms. The molecule has 0 aliphatic carbocycles. The van der Waals surface area contributed by atoms with Crippen molar-refractivity contribution in [3.63, 3.8) is 0 Å². The summed E-state index contributed by atoms with van der Waals surface area (Å²) in [5, 5.41) is 19.8. The average Bonchev–Trinajstić information content (AvgIpc) is 2.42. The predicted molar refractivity (Wildman–Crippen MR) is 76.3 cm³/mol. The zero-order valence-electron chi connectivity index (χ0n) is 11.5. The summed E-state index contributed by atoms with van der Waals surface area (Å²) in [5.74, 6) is -0.712. The molecule has 0 bridgehead atoms. The van der Waals surface area contributed by atoms with Gasteiger partial charge in [-0.1, -0.05) is 0 Å². The number of anilines is 2. The van der Waals surface area contributed by atoms with Gasteiger partial charge in [0.25, 0.3) is 0 Å². The first-order chi connectivity index (χ1) is 10.1. The van der Waals surface area contributed by atoms with Gasteiger partial charge in [0.2, 0.25) is 5.91 Å². The molecule has 0 heterocycles. The lowest BCUT2D eigenvalue weighted by Gasteiger charge is -2.14. The van der Waals surface area contributed by atoms with Crippen LogP contribution in [0.4, 0.5) is 15.8 Å². The quantitative estimate of drug-likeness (QED) is 0.584. The molecular weight excluding hydrogens is 273 g/mol. The van der Waals surface area contributed by atoms with Crippen molar-refractivity contribution in [2.75, 3.05) is 30.7 Å². The van der Waals surface area contributed by atoms with Gasteiger partial charge in [0.15, 0.2) is 0 Å². The number of halogens is 1. The van der Waals surface area contributed by atoms with E-state index in [4.69, 9.17) is 16.3 Å². The van der Waals surface area contributed by atoms with Crippen LogP contribution >= 0.6 is 0 Å². The number of amides is 1. The highest BCUT2D eigenvalue weighted by molar-refractivity contribution is 5.93. The van der Waals surface area contributed by atoms with Crippen LogP contribution in [0.3, 0.4) is 0 Å². The van der Waals surface area contributed by atoms with Crippen LogP contribution in [0.5, 0.6) is 0 Å². The van der Waals surface area contributed by atoms with E-state index >= 15 is 0 Å². The fourth-order valence-electron chi connectivity index (χ4n) is 1.74. The molecule has 3 N–H and O–H groups in total. The van der Waals surface area contributed by atoms with Gasteiger partial charge in [-0.05, 0) is 24.6 Å². The van der Waals surface area contributed by atoms with E-state index in [1.807, 2.05) is 12.1 Å². The molecule has 1 aromatic rings. The normalized spacial score (nSPS) is 9.90. The number of nitrogens with one attached hydrogen (secondary N) is 1. The molecular formula is C14H16FN5O. The van der Waals surface area contributed by atoms with Gasteiger partial charge in [-0.3, -0.25) is 9.69 Å². The highest BCUT2D eigenvalue weighted by Gasteiger charge is 2.08. The number of rotatable bonds is 7. The van der Waals surface area contributed by atoms with Crippen LogP contribution in [0.25, 0.3) is 0 Å². The minimum atomic E-state index is -0.464. The lowest BCUT2D eigenvalue weighted by atomic mass is 10.2. The first-order valence-corrected chi connectivity index (χ1v) is 6.38. The van der Waals surface area contributed by atoms with Crippen LogP contribution in [0.1, 0.15) is 12.8 Å². The van der Waals surface area contributed by atoms with Crippen LogP contribution in [0.2, 0.25) is 0 Å². The largest absolute Gasteiger partial charge is 0.397 e. The molecule has 1 rings (SSSR count). The predicted octanol–water partition coefficient (Wildman–Crippen LogP) is 1.48. The van der Waals surface area contributed by atoms with Crippen molar-refractivity contribution in [3.8, 4) is 12.1 Å². The van der Waals surface area contributed by atoms with Crippen molar-refractivity contribution >= 4 is 17.3 Å². The molecule has 1 amide bonds. The monoisotopic (exact) mass is 289 g/mol. The van der Waals surface area contributed by atoms with Crippen molar-refractivity contribution in [3.05, 3.63) is 24.0 Å². The van der Waals surface area contributed by atoms with Gasteiger partial charge in [0.05, 0.1) is 36.6 Å². The maximum atomic E-state index is 12.9. The Morgan fingerprint density at radius 2 is 2.00 bits per heavy atom. The van der Waals surface area contributed by atoms with Crippen molar-refractivity contribution in [1.82, 2.24) is 4.90 Å². The van der Waals surface area contributed by atoms with Crippen molar-refractivity contribution in [2.24, 2.45) is 0 Å². The second kappa shape index (κ2) is 8.51. The Kier molecular flexibility index (Phi) is 6.66. The van der Waals surface area contributed by atoms with Crippen LogP contribution in [-0.4, -0.2) is 30.4 Å². The van der Waals surface area contributed by atoms with Crippen molar-refractivity contribution in [2.45, 2.75) is 12.8 Å². The third kappa shape index (κ3) is 5.89. The van der Waals surface area contributed by atoms with Crippen molar-refractivity contribution < 1.29 is 9.18 Å². The number of carbonyl (C=O) groups excluding carboxylic acids is 1. The Hall–Kier alpha value is -2.64. The molecule has 0 fully saturated rings. The van der Waals surface area contributed by atoms with Gasteiger partial charge in [-0.25, -0.2) is 4.39 Å². The van der Waals surface area contributed by atoms with E-state index in [1.165, 1.54) is 12.1 Å². The lowest BCUT2D eigenvalue weighted by molar-refractivity contribution is -0.116. The SMILES string of the molecule is N#CCN(CC#N)CCCC(=O)Nc1ccc(F)cc1N. The molecule has 0 saturated heterocycles. The van der Waals surface area contributed by atoms with Crippen molar-refractivity contribution in [1.29, 1.82) is 10.5 Å². The van der Waals surface area contributed by atoms with Gasteiger partial charge < -0.3 is 11.1 Å². The lowest BCUT2D eigenvalue weighted by Crippen LogP contribution is -2.26. The number of nitriles is 2. The molecule has 6 nitrogen and oxygen atoms in total. The summed E-state index contributed by atoms with van der Waals surface area (Å²) < 4.78 is 12.9. The average molecular weight is 289 g/mol. The van der Waals surface area contributed by atoms with Gasteiger partial charge in [-0.2, -0.15) is 10.5 Å². The highest BCUT2D eigenvalue weighted by Crippen LogP contribution is 2.19. The van der Waals surface area contributed by atoms with Gasteiger partial charge >= 0.3 is 0 Å². The summed E-state index contributed by atoms with van der Waals surface area (Å²) >= 11 is 0. The van der Waals surface area contributed by atoms with Crippen LogP contribution in [0, 0.1) is 28.5 Å². The van der Waals surface area contributed by atoms with E-state index in [-0.39, 0.29) is 31.1 Å². The van der Waals surface area contributed by atoms with Gasteiger partial charge in [0, 0.05) is 13.0 Å². The summed E-state index contributed by atoms with van der Waals surface area (Å²) in [5.41, 5.74) is 6.12. The second-order valence-electron chi connectivity index (χ2n) is 4.41. The van der Waals surface area contributed by atoms with Gasteiger partial charge in [-0.15, -0.1) is 0 Å². The van der Waals surface area contributed by atoms with E-state index < -0.39 is 5.82 Å². The summed E-state index contributed by atoms with van der Waals surface area (Å²) in [6.45, 7) is 0.785. The molecule has 1 aromatic carbocycles. The fraction of sp³-hybridized carbons (Fsp3) is 0.357.